The summed E-state index contributed by atoms with van der Waals surface area (Å²) in [5.74, 6) is -0.150. The molecule has 148 valence electrons. The molecule has 2 fully saturated rings. The van der Waals surface area contributed by atoms with Gasteiger partial charge in [0, 0.05) is 30.9 Å². The van der Waals surface area contributed by atoms with Crippen molar-refractivity contribution in [1.82, 2.24) is 14.8 Å². The van der Waals surface area contributed by atoms with E-state index in [-0.39, 0.29) is 17.3 Å². The summed E-state index contributed by atoms with van der Waals surface area (Å²) < 4.78 is 13.1. The minimum atomic E-state index is -0.237. The van der Waals surface area contributed by atoms with Crippen LogP contribution in [-0.4, -0.2) is 52.4 Å². The highest BCUT2D eigenvalue weighted by molar-refractivity contribution is 5.94. The highest BCUT2D eigenvalue weighted by Gasteiger charge is 2.48. The molecule has 0 aliphatic carbocycles. The van der Waals surface area contributed by atoms with Crippen molar-refractivity contribution < 1.29 is 9.18 Å². The third-order valence-electron chi connectivity index (χ3n) is 6.53. The normalized spacial score (nSPS) is 25.4. The van der Waals surface area contributed by atoms with Crippen molar-refractivity contribution in [1.29, 1.82) is 0 Å². The van der Waals surface area contributed by atoms with E-state index in [1.165, 1.54) is 12.1 Å². The summed E-state index contributed by atoms with van der Waals surface area (Å²) in [6, 6.07) is 10.7. The standard InChI is InChI=1S/C23H28FN3O/c1-23-12-4-13-26(2)21(23)5-3-14-27(23)22(28)18-8-11-20(25-16-18)15-17-6-9-19(24)10-7-17/h6-11,16,21H,3-5,12-15H2,1-2H3/t21-,23-/m0/s1. The Balaban J connectivity index is 1.50. The number of likely N-dealkylation sites (N-methyl/N-ethyl adjacent to an activating group) is 1. The van der Waals surface area contributed by atoms with Crippen molar-refractivity contribution in [3.63, 3.8) is 0 Å². The highest BCUT2D eigenvalue weighted by Crippen LogP contribution is 2.39. The molecule has 2 aliphatic rings. The molecule has 0 radical (unpaired) electrons. The average Bonchev–Trinajstić information content (AvgIpc) is 2.69. The number of halogens is 1. The molecule has 0 saturated carbocycles. The maximum Gasteiger partial charge on any atom is 0.255 e. The van der Waals surface area contributed by atoms with Gasteiger partial charge in [0.25, 0.3) is 5.91 Å². The SMILES string of the molecule is CN1CCC[C@@]2(C)[C@@H]1CCCN2C(=O)c1ccc(Cc2ccc(F)cc2)nc1. The summed E-state index contributed by atoms with van der Waals surface area (Å²) in [4.78, 5) is 22.3. The van der Waals surface area contributed by atoms with E-state index in [4.69, 9.17) is 0 Å². The number of aromatic nitrogens is 1. The number of pyridine rings is 1. The third kappa shape index (κ3) is 3.55. The van der Waals surface area contributed by atoms with E-state index in [1.807, 2.05) is 12.1 Å². The summed E-state index contributed by atoms with van der Waals surface area (Å²) in [6.07, 6.45) is 6.72. The number of nitrogens with zero attached hydrogens (tertiary/aromatic N) is 3. The predicted molar refractivity (Wildman–Crippen MR) is 108 cm³/mol. The Labute approximate surface area is 166 Å². The first-order valence-electron chi connectivity index (χ1n) is 10.2. The zero-order valence-corrected chi connectivity index (χ0v) is 16.7. The lowest BCUT2D eigenvalue weighted by molar-refractivity contribution is -0.0346. The molecule has 2 saturated heterocycles. The first-order valence-corrected chi connectivity index (χ1v) is 10.2. The van der Waals surface area contributed by atoms with Crippen molar-refractivity contribution in [2.24, 2.45) is 0 Å². The van der Waals surface area contributed by atoms with Crippen LogP contribution in [0.25, 0.3) is 0 Å². The van der Waals surface area contributed by atoms with E-state index < -0.39 is 0 Å². The molecule has 2 aromatic rings. The van der Waals surface area contributed by atoms with Crippen LogP contribution in [0, 0.1) is 5.82 Å². The van der Waals surface area contributed by atoms with Crippen LogP contribution < -0.4 is 0 Å². The molecule has 2 aliphatic heterocycles. The van der Waals surface area contributed by atoms with E-state index in [0.717, 1.165) is 50.0 Å². The Hall–Kier alpha value is -2.27. The average molecular weight is 381 g/mol. The molecule has 2 atom stereocenters. The minimum Gasteiger partial charge on any atom is -0.332 e. The van der Waals surface area contributed by atoms with Gasteiger partial charge in [-0.3, -0.25) is 9.78 Å². The zero-order chi connectivity index (χ0) is 19.7. The van der Waals surface area contributed by atoms with Gasteiger partial charge in [-0.25, -0.2) is 4.39 Å². The Morgan fingerprint density at radius 3 is 2.68 bits per heavy atom. The second kappa shape index (κ2) is 7.63. The number of piperidine rings is 2. The number of likely N-dealkylation sites (tertiary alicyclic amines) is 2. The number of rotatable bonds is 3. The first kappa shape index (κ1) is 19.1. The summed E-state index contributed by atoms with van der Waals surface area (Å²) in [7, 11) is 2.18. The Morgan fingerprint density at radius 1 is 1.18 bits per heavy atom. The Morgan fingerprint density at radius 2 is 1.96 bits per heavy atom. The summed E-state index contributed by atoms with van der Waals surface area (Å²) in [6.45, 7) is 4.18. The van der Waals surface area contributed by atoms with Gasteiger partial charge in [0.1, 0.15) is 5.82 Å². The van der Waals surface area contributed by atoms with Crippen LogP contribution in [0.3, 0.4) is 0 Å². The molecule has 0 spiro atoms. The smallest absolute Gasteiger partial charge is 0.255 e. The third-order valence-corrected chi connectivity index (χ3v) is 6.53. The fraction of sp³-hybridized carbons (Fsp3) is 0.478. The molecule has 4 nitrogen and oxygen atoms in total. The Bertz CT molecular complexity index is 836. The quantitative estimate of drug-likeness (QED) is 0.809. The molecule has 1 aromatic heterocycles. The minimum absolute atomic E-state index is 0.0864. The van der Waals surface area contributed by atoms with Crippen LogP contribution in [0.5, 0.6) is 0 Å². The van der Waals surface area contributed by atoms with Crippen LogP contribution >= 0.6 is 0 Å². The van der Waals surface area contributed by atoms with Crippen LogP contribution in [0.2, 0.25) is 0 Å². The van der Waals surface area contributed by atoms with Gasteiger partial charge in [-0.05, 0) is 76.0 Å². The van der Waals surface area contributed by atoms with Crippen molar-refractivity contribution in [3.8, 4) is 0 Å². The van der Waals surface area contributed by atoms with Crippen molar-refractivity contribution >= 4 is 5.91 Å². The van der Waals surface area contributed by atoms with Gasteiger partial charge in [-0.15, -0.1) is 0 Å². The van der Waals surface area contributed by atoms with E-state index in [9.17, 15) is 9.18 Å². The monoisotopic (exact) mass is 381 g/mol. The van der Waals surface area contributed by atoms with E-state index in [2.05, 4.69) is 28.8 Å². The fourth-order valence-electron chi connectivity index (χ4n) is 4.98. The van der Waals surface area contributed by atoms with Crippen LogP contribution in [-0.2, 0) is 6.42 Å². The lowest BCUT2D eigenvalue weighted by atomic mass is 9.76. The van der Waals surface area contributed by atoms with Crippen molar-refractivity contribution in [2.75, 3.05) is 20.1 Å². The van der Waals surface area contributed by atoms with Gasteiger partial charge in [0.05, 0.1) is 11.1 Å². The molecule has 28 heavy (non-hydrogen) atoms. The fourth-order valence-corrected chi connectivity index (χ4v) is 4.98. The van der Waals surface area contributed by atoms with Gasteiger partial charge < -0.3 is 9.80 Å². The number of carbonyl (C=O) groups excluding carboxylic acids is 1. The van der Waals surface area contributed by atoms with Crippen molar-refractivity contribution in [2.45, 2.75) is 50.6 Å². The zero-order valence-electron chi connectivity index (χ0n) is 16.7. The maximum atomic E-state index is 13.3. The molecular formula is C23H28FN3O. The summed E-state index contributed by atoms with van der Waals surface area (Å²) in [5, 5.41) is 0. The molecule has 1 amide bonds. The molecule has 0 unspecified atom stereocenters. The van der Waals surface area contributed by atoms with Crippen molar-refractivity contribution in [3.05, 3.63) is 65.2 Å². The van der Waals surface area contributed by atoms with Crippen LogP contribution in [0.15, 0.2) is 42.6 Å². The van der Waals surface area contributed by atoms with E-state index in [1.54, 1.807) is 18.3 Å². The Kier molecular flexibility index (Phi) is 5.19. The summed E-state index contributed by atoms with van der Waals surface area (Å²) >= 11 is 0. The van der Waals surface area contributed by atoms with Gasteiger partial charge >= 0.3 is 0 Å². The molecular weight excluding hydrogens is 353 g/mol. The number of hydrogen-bond acceptors (Lipinski definition) is 3. The van der Waals surface area contributed by atoms with Crippen LogP contribution in [0.1, 0.15) is 54.2 Å². The number of fused-ring (bicyclic) bond motifs is 1. The predicted octanol–water partition coefficient (Wildman–Crippen LogP) is 3.90. The van der Waals surface area contributed by atoms with Gasteiger partial charge in [-0.1, -0.05) is 12.1 Å². The molecule has 1 aromatic carbocycles. The highest BCUT2D eigenvalue weighted by atomic mass is 19.1. The number of carbonyl (C=O) groups is 1. The largest absolute Gasteiger partial charge is 0.332 e. The molecule has 4 rings (SSSR count). The van der Waals surface area contributed by atoms with E-state index >= 15 is 0 Å². The second-order valence-corrected chi connectivity index (χ2v) is 8.40. The van der Waals surface area contributed by atoms with Gasteiger partial charge in [-0.2, -0.15) is 0 Å². The topological polar surface area (TPSA) is 36.4 Å². The lowest BCUT2D eigenvalue weighted by Crippen LogP contribution is -2.66. The molecule has 3 heterocycles. The maximum absolute atomic E-state index is 13.3. The second-order valence-electron chi connectivity index (χ2n) is 8.40. The molecule has 0 bridgehead atoms. The van der Waals surface area contributed by atoms with E-state index in [0.29, 0.717) is 18.0 Å². The first-order chi connectivity index (χ1) is 13.5. The number of amides is 1. The molecule has 5 heteroatoms. The van der Waals surface area contributed by atoms with Gasteiger partial charge in [0.2, 0.25) is 0 Å². The van der Waals surface area contributed by atoms with Gasteiger partial charge in [0.15, 0.2) is 0 Å². The summed E-state index contributed by atoms with van der Waals surface area (Å²) in [5.41, 5.74) is 2.43. The molecule has 0 N–H and O–H groups in total. The number of benzene rings is 1. The number of hydrogen-bond donors (Lipinski definition) is 0. The van der Waals surface area contributed by atoms with Crippen LogP contribution in [0.4, 0.5) is 4.39 Å². The lowest BCUT2D eigenvalue weighted by Gasteiger charge is -2.55.